The van der Waals surface area contributed by atoms with E-state index in [4.69, 9.17) is 18.3 Å². The lowest BCUT2D eigenvalue weighted by Gasteiger charge is -2.40. The number of carbonyl (C=O) groups is 1. The van der Waals surface area contributed by atoms with Gasteiger partial charge < -0.3 is 18.3 Å². The van der Waals surface area contributed by atoms with Gasteiger partial charge in [0.15, 0.2) is 16.6 Å². The fraction of sp³-hybridized carbons (Fsp3) is 0.700. The Balaban J connectivity index is 1.87. The van der Waals surface area contributed by atoms with Gasteiger partial charge >= 0.3 is 12.1 Å². The van der Waals surface area contributed by atoms with E-state index in [0.29, 0.717) is 12.8 Å². The molecule has 1 aromatic rings. The summed E-state index contributed by atoms with van der Waals surface area (Å²) in [6.45, 7) is 21.8. The van der Waals surface area contributed by atoms with Crippen LogP contribution < -0.4 is 4.74 Å². The maximum Gasteiger partial charge on any atom is 0.416 e. The van der Waals surface area contributed by atoms with E-state index in [1.165, 1.54) is 12.1 Å². The highest BCUT2D eigenvalue weighted by molar-refractivity contribution is 6.74. The summed E-state index contributed by atoms with van der Waals surface area (Å²) in [4.78, 5) is 12.1. The molecule has 0 amide bonds. The Morgan fingerprint density at radius 1 is 1.02 bits per heavy atom. The highest BCUT2D eigenvalue weighted by Gasteiger charge is 2.52. The number of rotatable bonds is 9. The molecule has 1 aliphatic carbocycles. The Morgan fingerprint density at radius 3 is 2.23 bits per heavy atom. The number of ether oxygens (including phenoxy) is 2. The largest absolute Gasteiger partial charge is 0.491 e. The number of esters is 1. The van der Waals surface area contributed by atoms with Crippen molar-refractivity contribution in [1.29, 1.82) is 0 Å². The van der Waals surface area contributed by atoms with Crippen LogP contribution in [0.1, 0.15) is 59.9 Å². The Morgan fingerprint density at radius 2 is 1.65 bits per heavy atom. The first-order valence-corrected chi connectivity index (χ1v) is 20.0. The molecule has 10 heteroatoms. The predicted octanol–water partition coefficient (Wildman–Crippen LogP) is 8.37. The van der Waals surface area contributed by atoms with Gasteiger partial charge in [0.1, 0.15) is 18.5 Å². The van der Waals surface area contributed by atoms with Crippen molar-refractivity contribution < 1.29 is 36.3 Å². The van der Waals surface area contributed by atoms with E-state index in [-0.39, 0.29) is 52.4 Å². The number of benzene rings is 1. The van der Waals surface area contributed by atoms with E-state index in [2.05, 4.69) is 73.8 Å². The van der Waals surface area contributed by atoms with E-state index in [1.54, 1.807) is 0 Å². The van der Waals surface area contributed by atoms with Crippen LogP contribution in [0.15, 0.2) is 36.4 Å². The molecule has 0 radical (unpaired) electrons. The van der Waals surface area contributed by atoms with Gasteiger partial charge in [-0.05, 0) is 54.5 Å². The van der Waals surface area contributed by atoms with Crippen molar-refractivity contribution in [2.24, 2.45) is 11.8 Å². The molecule has 0 bridgehead atoms. The number of alkyl halides is 3. The fourth-order valence-corrected chi connectivity index (χ4v) is 7.34. The van der Waals surface area contributed by atoms with Crippen molar-refractivity contribution >= 4 is 22.6 Å². The molecule has 1 saturated heterocycles. The number of fused-ring (bicyclic) bond motifs is 1. The van der Waals surface area contributed by atoms with Gasteiger partial charge in [-0.15, -0.1) is 0 Å². The minimum atomic E-state index is -4.45. The van der Waals surface area contributed by atoms with Crippen LogP contribution in [-0.4, -0.2) is 47.5 Å². The van der Waals surface area contributed by atoms with Crippen LogP contribution in [0.2, 0.25) is 36.3 Å². The average Bonchev–Trinajstić information content (AvgIpc) is 3.28. The van der Waals surface area contributed by atoms with Gasteiger partial charge in [-0.2, -0.15) is 13.2 Å². The summed E-state index contributed by atoms with van der Waals surface area (Å²) >= 11 is 0. The van der Waals surface area contributed by atoms with E-state index >= 15 is 0 Å². The predicted molar refractivity (Wildman–Crippen MR) is 156 cm³/mol. The molecule has 40 heavy (non-hydrogen) atoms. The van der Waals surface area contributed by atoms with Crippen LogP contribution in [0.25, 0.3) is 0 Å². The molecule has 1 heterocycles. The normalized spacial score (nSPS) is 25.3. The van der Waals surface area contributed by atoms with Gasteiger partial charge in [0.2, 0.25) is 0 Å². The molecular weight excluding hydrogens is 553 g/mol. The van der Waals surface area contributed by atoms with E-state index in [1.807, 2.05) is 6.08 Å². The van der Waals surface area contributed by atoms with Gasteiger partial charge in [-0.25, -0.2) is 0 Å². The van der Waals surface area contributed by atoms with Gasteiger partial charge in [0, 0.05) is 18.3 Å². The van der Waals surface area contributed by atoms with Crippen molar-refractivity contribution in [2.75, 3.05) is 6.61 Å². The van der Waals surface area contributed by atoms with Crippen molar-refractivity contribution in [3.05, 3.63) is 42.0 Å². The number of halogens is 3. The summed E-state index contributed by atoms with van der Waals surface area (Å²) in [7, 11) is -4.35. The van der Waals surface area contributed by atoms with E-state index in [0.717, 1.165) is 12.1 Å². The van der Waals surface area contributed by atoms with Gasteiger partial charge in [-0.3, -0.25) is 4.79 Å². The first kappa shape index (κ1) is 32.9. The summed E-state index contributed by atoms with van der Waals surface area (Å²) in [5, 5.41) is -0.0458. The van der Waals surface area contributed by atoms with Crippen molar-refractivity contribution in [3.8, 4) is 5.75 Å². The second-order valence-corrected chi connectivity index (χ2v) is 23.8. The molecule has 0 aromatic heterocycles. The monoisotopic (exact) mass is 600 g/mol. The summed E-state index contributed by atoms with van der Waals surface area (Å²) in [5.74, 6) is -0.0517. The molecule has 0 N–H and O–H groups in total. The average molecular weight is 601 g/mol. The maximum absolute atomic E-state index is 13.2. The SMILES string of the molecule is CC(C)(C)[Si](C)(C)O[C@@H](/C=C/[C@@H]1[C@H]2CC(=O)O[C@H]2C[C@H]1O[Si](C)(C)C(C)(C)C)COc1cccc(C(F)(F)F)c1. The Hall–Kier alpha value is -1.63. The highest BCUT2D eigenvalue weighted by atomic mass is 28.4. The molecule has 5 nitrogen and oxygen atoms in total. The quantitative estimate of drug-likeness (QED) is 0.162. The highest BCUT2D eigenvalue weighted by Crippen LogP contribution is 2.47. The minimum Gasteiger partial charge on any atom is -0.491 e. The zero-order valence-corrected chi connectivity index (χ0v) is 27.6. The van der Waals surface area contributed by atoms with Gasteiger partial charge in [-0.1, -0.05) is 59.8 Å². The first-order valence-electron chi connectivity index (χ1n) is 14.1. The first-order chi connectivity index (χ1) is 18.1. The molecule has 3 rings (SSSR count). The van der Waals surface area contributed by atoms with Crippen LogP contribution in [-0.2, 0) is 24.6 Å². The molecule has 2 fully saturated rings. The fourth-order valence-electron chi connectivity index (χ4n) is 4.72. The maximum atomic E-state index is 13.2. The zero-order valence-electron chi connectivity index (χ0n) is 25.6. The molecule has 5 atom stereocenters. The van der Waals surface area contributed by atoms with Crippen molar-refractivity contribution in [2.45, 2.75) is 115 Å². The smallest absolute Gasteiger partial charge is 0.416 e. The molecule has 0 spiro atoms. The van der Waals surface area contributed by atoms with E-state index in [9.17, 15) is 18.0 Å². The third-order valence-electron chi connectivity index (χ3n) is 9.18. The van der Waals surface area contributed by atoms with Crippen LogP contribution in [0.4, 0.5) is 13.2 Å². The summed E-state index contributed by atoms with van der Waals surface area (Å²) in [6, 6.07) is 4.91. The number of hydrogen-bond donors (Lipinski definition) is 0. The Labute approximate surface area is 240 Å². The molecule has 2 aliphatic rings. The molecular formula is C30H47F3O5Si2. The topological polar surface area (TPSA) is 54.0 Å². The van der Waals surface area contributed by atoms with Crippen LogP contribution >= 0.6 is 0 Å². The van der Waals surface area contributed by atoms with E-state index < -0.39 is 34.5 Å². The summed E-state index contributed by atoms with van der Waals surface area (Å²) < 4.78 is 64.8. The summed E-state index contributed by atoms with van der Waals surface area (Å²) in [6.07, 6.45) is -0.131. The minimum absolute atomic E-state index is 0.0245. The molecule has 0 unspecified atom stereocenters. The third-order valence-corrected chi connectivity index (χ3v) is 18.2. The molecule has 1 saturated carbocycles. The lowest BCUT2D eigenvalue weighted by molar-refractivity contribution is -0.142. The third kappa shape index (κ3) is 7.80. The lowest BCUT2D eigenvalue weighted by Crippen LogP contribution is -2.45. The zero-order chi connectivity index (χ0) is 30.3. The lowest BCUT2D eigenvalue weighted by atomic mass is 9.91. The number of hydrogen-bond acceptors (Lipinski definition) is 5. The standard InChI is InChI=1S/C30H47F3O5Si2/c1-28(2,3)39(7,8)37-22(19-35-21-13-11-12-20(16-21)30(31,32)33)14-15-23-24-17-27(34)36-25(24)18-26(23)38-40(9,10)29(4,5)6/h11-16,22-26H,17-19H2,1-10H3/b15-14+/t22-,23+,24+,25-,26+/m0/s1. The van der Waals surface area contributed by atoms with Gasteiger partial charge in [0.05, 0.1) is 24.2 Å². The summed E-state index contributed by atoms with van der Waals surface area (Å²) in [5.41, 5.74) is -0.754. The van der Waals surface area contributed by atoms with Crippen molar-refractivity contribution in [3.63, 3.8) is 0 Å². The Bertz CT molecular complexity index is 1070. The Kier molecular flexibility index (Phi) is 9.51. The number of carbonyl (C=O) groups excluding carboxylic acids is 1. The van der Waals surface area contributed by atoms with Gasteiger partial charge in [0.25, 0.3) is 0 Å². The van der Waals surface area contributed by atoms with Crippen LogP contribution in [0.5, 0.6) is 5.75 Å². The molecule has 1 aromatic carbocycles. The van der Waals surface area contributed by atoms with Crippen LogP contribution in [0, 0.1) is 11.8 Å². The van der Waals surface area contributed by atoms with Crippen LogP contribution in [0.3, 0.4) is 0 Å². The van der Waals surface area contributed by atoms with Crippen molar-refractivity contribution in [1.82, 2.24) is 0 Å². The molecule has 226 valence electrons. The molecule has 1 aliphatic heterocycles. The second-order valence-electron chi connectivity index (χ2n) is 14.3. The second kappa shape index (κ2) is 11.6.